The van der Waals surface area contributed by atoms with Crippen LogP contribution in [0.1, 0.15) is 76.7 Å². The van der Waals surface area contributed by atoms with Crippen LogP contribution in [0, 0.1) is 5.82 Å². The predicted molar refractivity (Wildman–Crippen MR) is 185 cm³/mol. The quantitative estimate of drug-likeness (QED) is 0.135. The van der Waals surface area contributed by atoms with Crippen LogP contribution in [0.2, 0.25) is 5.02 Å². The predicted octanol–water partition coefficient (Wildman–Crippen LogP) is 7.33. The summed E-state index contributed by atoms with van der Waals surface area (Å²) in [6, 6.07) is 6.75. The molecule has 1 saturated carbocycles. The van der Waals surface area contributed by atoms with Gasteiger partial charge in [-0.05, 0) is 69.9 Å². The smallest absolute Gasteiger partial charge is 0.407 e. The van der Waals surface area contributed by atoms with Crippen LogP contribution in [0.25, 0.3) is 22.5 Å². The fourth-order valence-corrected chi connectivity index (χ4v) is 6.49. The van der Waals surface area contributed by atoms with Crippen molar-refractivity contribution in [3.05, 3.63) is 77.1 Å². The second-order valence-electron chi connectivity index (χ2n) is 14.3. The number of halogens is 7. The Morgan fingerprint density at radius 3 is 2.44 bits per heavy atom. The van der Waals surface area contributed by atoms with E-state index in [1.165, 1.54) is 44.2 Å². The number of aliphatic imine (C=N–C) groups is 1. The second-order valence-corrected chi connectivity index (χ2v) is 14.7. The number of carbonyl (C=O) groups is 2. The highest BCUT2D eigenvalue weighted by molar-refractivity contribution is 6.33. The highest BCUT2D eigenvalue weighted by Gasteiger charge is 2.55. The zero-order valence-corrected chi connectivity index (χ0v) is 30.2. The van der Waals surface area contributed by atoms with Crippen molar-refractivity contribution < 1.29 is 40.7 Å². The van der Waals surface area contributed by atoms with Crippen LogP contribution in [-0.4, -0.2) is 71.6 Å². The van der Waals surface area contributed by atoms with Crippen molar-refractivity contribution in [3.8, 4) is 22.5 Å². The van der Waals surface area contributed by atoms with Gasteiger partial charge in [0.1, 0.15) is 24.4 Å². The lowest BCUT2D eigenvalue weighted by molar-refractivity contribution is -0.135. The molecule has 54 heavy (non-hydrogen) atoms. The minimum atomic E-state index is -3.12. The van der Waals surface area contributed by atoms with Crippen LogP contribution in [0.4, 0.5) is 31.1 Å². The summed E-state index contributed by atoms with van der Waals surface area (Å²) in [7, 11) is 0. The van der Waals surface area contributed by atoms with Gasteiger partial charge in [0.25, 0.3) is 12.3 Å². The first-order chi connectivity index (χ1) is 25.3. The Kier molecular flexibility index (Phi) is 10.2. The topological polar surface area (TPSA) is 146 Å². The average Bonchev–Trinajstić information content (AvgIpc) is 3.49. The maximum atomic E-state index is 16.3. The fourth-order valence-electron chi connectivity index (χ4n) is 6.29. The molecule has 2 amide bonds. The van der Waals surface area contributed by atoms with Gasteiger partial charge in [-0.3, -0.25) is 14.4 Å². The van der Waals surface area contributed by atoms with Crippen LogP contribution >= 0.6 is 11.6 Å². The standard InChI is InChI=1S/C35H36ClF6N9O3/c1-33(2,42)16-35(23-9-5-18(12-25(23)37)20-13-45-49(14-20)21-7-8-21)29(52)50(31(43)47-35)26(15-54-32(53)48-34(3,4)28(38)39)19-6-10-24(36)22(11-19)27-44-17-46-51(27)30(40)41/h5-6,9-14,17,21,26,28,30H,7-8,15-16H2,1-4H3,(H2,43,47)(H,48,53)/t26-,35-/m1/s1. The summed E-state index contributed by atoms with van der Waals surface area (Å²) in [6.07, 6.45) is 1.21. The van der Waals surface area contributed by atoms with Crippen molar-refractivity contribution in [2.75, 3.05) is 6.61 Å². The third kappa shape index (κ3) is 7.61. The van der Waals surface area contributed by atoms with Crippen molar-refractivity contribution in [1.82, 2.24) is 34.8 Å². The number of nitrogens with zero attached hydrogens (tertiary/aromatic N) is 7. The van der Waals surface area contributed by atoms with Crippen molar-refractivity contribution in [1.29, 1.82) is 0 Å². The van der Waals surface area contributed by atoms with E-state index in [1.54, 1.807) is 23.1 Å². The number of guanidine groups is 1. The summed E-state index contributed by atoms with van der Waals surface area (Å²) in [5, 5.41) is 9.85. The first-order valence-electron chi connectivity index (χ1n) is 16.7. The van der Waals surface area contributed by atoms with E-state index in [4.69, 9.17) is 22.1 Å². The molecular formula is C35H36ClF6N9O3. The highest BCUT2D eigenvalue weighted by Crippen LogP contribution is 2.46. The molecule has 2 atom stereocenters. The van der Waals surface area contributed by atoms with Crippen LogP contribution in [0.5, 0.6) is 0 Å². The summed E-state index contributed by atoms with van der Waals surface area (Å²) < 4.78 is 94.1. The van der Waals surface area contributed by atoms with E-state index >= 15 is 8.78 Å². The maximum absolute atomic E-state index is 16.3. The lowest BCUT2D eigenvalue weighted by atomic mass is 9.80. The zero-order chi connectivity index (χ0) is 39.3. The summed E-state index contributed by atoms with van der Waals surface area (Å²) >= 11 is 6.40. The molecule has 2 aliphatic rings. The number of carbonyl (C=O) groups excluding carboxylic acids is 2. The molecule has 0 spiro atoms. The number of amides is 2. The van der Waals surface area contributed by atoms with Crippen molar-refractivity contribution in [3.63, 3.8) is 0 Å². The number of aromatic nitrogens is 5. The zero-order valence-electron chi connectivity index (χ0n) is 29.4. The molecule has 19 heteroatoms. The molecule has 1 aliphatic carbocycles. The Hall–Kier alpha value is -5.13. The van der Waals surface area contributed by atoms with Gasteiger partial charge in [0, 0.05) is 29.3 Å². The van der Waals surface area contributed by atoms with E-state index in [2.05, 4.69) is 20.2 Å². The Morgan fingerprint density at radius 1 is 1.09 bits per heavy atom. The van der Waals surface area contributed by atoms with E-state index in [0.717, 1.165) is 37.9 Å². The number of ether oxygens (including phenoxy) is 1. The number of alkyl halides is 5. The number of nitrogens with two attached hydrogens (primary N) is 1. The van der Waals surface area contributed by atoms with Gasteiger partial charge in [-0.1, -0.05) is 29.8 Å². The van der Waals surface area contributed by atoms with Crippen molar-refractivity contribution >= 4 is 29.6 Å². The summed E-state index contributed by atoms with van der Waals surface area (Å²) in [5.41, 5.74) is 0.697. The largest absolute Gasteiger partial charge is 0.447 e. The van der Waals surface area contributed by atoms with Gasteiger partial charge >= 0.3 is 12.6 Å². The Balaban J connectivity index is 1.42. The lowest BCUT2D eigenvalue weighted by Gasteiger charge is -2.34. The number of benzene rings is 2. The fraction of sp³-hybridized carbons (Fsp3) is 0.429. The molecular weight excluding hydrogens is 744 g/mol. The van der Waals surface area contributed by atoms with Gasteiger partial charge in [0.15, 0.2) is 17.3 Å². The van der Waals surface area contributed by atoms with E-state index in [1.807, 2.05) is 5.32 Å². The van der Waals surface area contributed by atoms with Gasteiger partial charge in [0.2, 0.25) is 0 Å². The molecule has 288 valence electrons. The molecule has 2 aromatic carbocycles. The molecule has 6 rings (SSSR count). The molecule has 0 saturated heterocycles. The third-order valence-corrected chi connectivity index (χ3v) is 9.43. The number of rotatable bonds is 13. The number of hydrogen-bond donors (Lipinski definition) is 2. The Bertz CT molecular complexity index is 2100. The maximum Gasteiger partial charge on any atom is 0.407 e. The van der Waals surface area contributed by atoms with Crippen LogP contribution in [0.3, 0.4) is 0 Å². The molecule has 1 fully saturated rings. The first-order valence-corrected chi connectivity index (χ1v) is 17.1. The summed E-state index contributed by atoms with van der Waals surface area (Å²) in [4.78, 5) is 36.7. The van der Waals surface area contributed by atoms with Gasteiger partial charge in [-0.25, -0.2) is 32.3 Å². The van der Waals surface area contributed by atoms with Gasteiger partial charge < -0.3 is 15.8 Å². The Labute approximate surface area is 310 Å². The van der Waals surface area contributed by atoms with E-state index in [9.17, 15) is 27.2 Å². The molecule has 0 radical (unpaired) electrons. The molecule has 3 N–H and O–H groups in total. The van der Waals surface area contributed by atoms with Gasteiger partial charge in [-0.15, -0.1) is 0 Å². The summed E-state index contributed by atoms with van der Waals surface area (Å²) in [5.74, 6) is -2.81. The normalized spacial score (nSPS) is 18.4. The SMILES string of the molecule is CC(C)(F)C[C@]1(c2ccc(-c3cnn(C4CC4)c3)cc2F)N=C(N)N([C@H](COC(=O)NC(C)(C)C(F)F)c2ccc(Cl)c(-c3ncnn3C(F)F)c2)C1=O. The van der Waals surface area contributed by atoms with Crippen LogP contribution in [-0.2, 0) is 15.1 Å². The first kappa shape index (κ1) is 38.6. The van der Waals surface area contributed by atoms with E-state index in [0.29, 0.717) is 15.8 Å². The molecule has 0 bridgehead atoms. The van der Waals surface area contributed by atoms with Gasteiger partial charge in [0.05, 0.1) is 28.8 Å². The lowest BCUT2D eigenvalue weighted by Crippen LogP contribution is -2.50. The minimum Gasteiger partial charge on any atom is -0.447 e. The van der Waals surface area contributed by atoms with E-state index < -0.39 is 72.6 Å². The van der Waals surface area contributed by atoms with E-state index in [-0.39, 0.29) is 33.6 Å². The third-order valence-electron chi connectivity index (χ3n) is 9.10. The monoisotopic (exact) mass is 779 g/mol. The number of nitrogens with one attached hydrogen (secondary N) is 1. The average molecular weight is 780 g/mol. The molecule has 4 aromatic rings. The van der Waals surface area contributed by atoms with Crippen LogP contribution < -0.4 is 11.1 Å². The summed E-state index contributed by atoms with van der Waals surface area (Å²) in [6.45, 7) is 0.567. The van der Waals surface area contributed by atoms with Crippen molar-refractivity contribution in [2.45, 2.75) is 88.8 Å². The van der Waals surface area contributed by atoms with Gasteiger partial charge in [-0.2, -0.15) is 23.7 Å². The molecule has 1 aliphatic heterocycles. The van der Waals surface area contributed by atoms with Crippen LogP contribution in [0.15, 0.2) is 60.1 Å². The second kappa shape index (κ2) is 14.3. The highest BCUT2D eigenvalue weighted by atomic mass is 35.5. The molecule has 12 nitrogen and oxygen atoms in total. The molecule has 3 heterocycles. The molecule has 0 unspecified atom stereocenters. The number of hydrogen-bond acceptors (Lipinski definition) is 8. The Morgan fingerprint density at radius 2 is 1.81 bits per heavy atom. The van der Waals surface area contributed by atoms with Crippen molar-refractivity contribution in [2.24, 2.45) is 10.7 Å². The molecule has 2 aromatic heterocycles. The minimum absolute atomic E-state index is 0.0579. The number of alkyl carbamates (subject to hydrolysis) is 1.